The third-order valence-corrected chi connectivity index (χ3v) is 6.90. The molecule has 12 heteroatoms. The van der Waals surface area contributed by atoms with E-state index in [4.69, 9.17) is 9.72 Å². The monoisotopic (exact) mass is 534 g/mol. The lowest BCUT2D eigenvalue weighted by Crippen LogP contribution is -2.52. The van der Waals surface area contributed by atoms with Gasteiger partial charge in [0, 0.05) is 18.7 Å². The molecule has 39 heavy (non-hydrogen) atoms. The van der Waals surface area contributed by atoms with E-state index in [2.05, 4.69) is 15.3 Å². The maximum atomic E-state index is 13.4. The number of amides is 1. The number of hydrogen-bond donors (Lipinski definition) is 5. The molecule has 3 heterocycles. The van der Waals surface area contributed by atoms with E-state index in [1.165, 1.54) is 0 Å². The van der Waals surface area contributed by atoms with Crippen LogP contribution in [0, 0.1) is 6.92 Å². The number of carbonyl (C=O) groups is 1. The summed E-state index contributed by atoms with van der Waals surface area (Å²) in [6.07, 6.45) is -4.94. The Balaban J connectivity index is 1.36. The topological polar surface area (TPSA) is 166 Å². The van der Waals surface area contributed by atoms with E-state index in [-0.39, 0.29) is 0 Å². The van der Waals surface area contributed by atoms with Crippen molar-refractivity contribution in [2.75, 3.05) is 7.05 Å². The molecule has 1 aliphatic rings. The molecule has 0 aliphatic carbocycles. The summed E-state index contributed by atoms with van der Waals surface area (Å²) in [5.74, 6) is 0.0638. The summed E-state index contributed by atoms with van der Waals surface area (Å²) in [4.78, 5) is 49.0. The molecule has 0 saturated carbocycles. The fourth-order valence-corrected chi connectivity index (χ4v) is 4.78. The number of likely N-dealkylation sites (N-methyl/N-ethyl adjacent to an activating group) is 1. The largest absolute Gasteiger partial charge is 0.387 e. The van der Waals surface area contributed by atoms with Crippen molar-refractivity contribution in [3.8, 4) is 0 Å². The Morgan fingerprint density at radius 3 is 2.59 bits per heavy atom. The van der Waals surface area contributed by atoms with Gasteiger partial charge in [0.15, 0.2) is 12.3 Å². The zero-order valence-corrected chi connectivity index (χ0v) is 21.4. The number of fused-ring (bicyclic) bond motifs is 1. The van der Waals surface area contributed by atoms with Crippen LogP contribution in [-0.4, -0.2) is 72.1 Å². The number of ether oxygens (including phenoxy) is 1. The quantitative estimate of drug-likeness (QED) is 0.199. The molecule has 1 aliphatic heterocycles. The molecular formula is C27H30N6O6. The number of aromatic nitrogens is 4. The number of imidazole rings is 1. The van der Waals surface area contributed by atoms with Crippen LogP contribution in [0.1, 0.15) is 23.2 Å². The molecule has 12 nitrogen and oxygen atoms in total. The van der Waals surface area contributed by atoms with Crippen LogP contribution in [0.15, 0.2) is 70.4 Å². The molecule has 2 aromatic carbocycles. The second kappa shape index (κ2) is 10.9. The molecule has 5 N–H and O–H groups in total. The van der Waals surface area contributed by atoms with Crippen LogP contribution >= 0.6 is 0 Å². The van der Waals surface area contributed by atoms with Crippen LogP contribution in [0.3, 0.4) is 0 Å². The van der Waals surface area contributed by atoms with Crippen molar-refractivity contribution in [3.63, 3.8) is 0 Å². The average molecular weight is 535 g/mol. The van der Waals surface area contributed by atoms with Gasteiger partial charge in [0.05, 0.1) is 23.7 Å². The molecule has 0 unspecified atom stereocenters. The van der Waals surface area contributed by atoms with Gasteiger partial charge in [-0.15, -0.1) is 0 Å². The molecule has 1 fully saturated rings. The van der Waals surface area contributed by atoms with E-state index >= 15 is 0 Å². The number of rotatable bonds is 8. The van der Waals surface area contributed by atoms with Crippen molar-refractivity contribution in [2.45, 2.75) is 50.6 Å². The van der Waals surface area contributed by atoms with Gasteiger partial charge in [0.1, 0.15) is 18.0 Å². The van der Waals surface area contributed by atoms with E-state index in [9.17, 15) is 24.6 Å². The summed E-state index contributed by atoms with van der Waals surface area (Å²) in [7, 11) is 1.84. The molecule has 5 rings (SSSR count). The highest BCUT2D eigenvalue weighted by molar-refractivity contribution is 5.82. The highest BCUT2D eigenvalue weighted by Gasteiger charge is 2.48. The number of nitrogens with one attached hydrogen (secondary N) is 3. The summed E-state index contributed by atoms with van der Waals surface area (Å²) in [5.41, 5.74) is 2.37. The highest BCUT2D eigenvalue weighted by atomic mass is 16.6. The molecule has 0 spiro atoms. The molecule has 204 valence electrons. The van der Waals surface area contributed by atoms with Crippen molar-refractivity contribution < 1.29 is 19.7 Å². The maximum absolute atomic E-state index is 13.4. The van der Waals surface area contributed by atoms with Crippen LogP contribution < -0.4 is 16.6 Å². The number of nitrogens with zero attached hydrogens (tertiary/aromatic N) is 3. The average Bonchev–Trinajstić information content (AvgIpc) is 3.45. The van der Waals surface area contributed by atoms with Crippen LogP contribution in [0.25, 0.3) is 11.0 Å². The van der Waals surface area contributed by atoms with Gasteiger partial charge in [0.25, 0.3) is 11.5 Å². The first-order chi connectivity index (χ1) is 18.7. The first-order valence-corrected chi connectivity index (χ1v) is 12.5. The SMILES string of the molecule is Cc1cccc2[nH]c(CN(C)[C@H](Cc3ccccc3)NC(=O)[C@H]3O[C@@H](n4ccc(=O)[nH]c4=O)[C@H](O)[C@@H]3O)nc12. The Morgan fingerprint density at radius 2 is 1.87 bits per heavy atom. The smallest absolute Gasteiger partial charge is 0.330 e. The van der Waals surface area contributed by atoms with Crippen LogP contribution in [0.2, 0.25) is 0 Å². The molecule has 2 aromatic heterocycles. The molecule has 1 saturated heterocycles. The first kappa shape index (κ1) is 26.5. The van der Waals surface area contributed by atoms with Crippen LogP contribution in [-0.2, 0) is 22.5 Å². The Labute approximate surface area is 222 Å². The lowest BCUT2D eigenvalue weighted by molar-refractivity contribution is -0.139. The van der Waals surface area contributed by atoms with E-state index in [0.29, 0.717) is 13.0 Å². The lowest BCUT2D eigenvalue weighted by Gasteiger charge is -2.30. The van der Waals surface area contributed by atoms with E-state index in [1.807, 2.05) is 67.4 Å². The minimum atomic E-state index is -1.60. The Morgan fingerprint density at radius 1 is 1.10 bits per heavy atom. The number of H-pyrrole nitrogens is 2. The number of carbonyl (C=O) groups excluding carboxylic acids is 1. The van der Waals surface area contributed by atoms with Gasteiger partial charge in [-0.2, -0.15) is 0 Å². The minimum absolute atomic E-state index is 0.387. The predicted octanol–water partition coefficient (Wildman–Crippen LogP) is 0.158. The number of benzene rings is 2. The molecule has 0 radical (unpaired) electrons. The fourth-order valence-electron chi connectivity index (χ4n) is 4.78. The number of aliphatic hydroxyl groups excluding tert-OH is 2. The molecule has 0 bridgehead atoms. The third kappa shape index (κ3) is 5.54. The standard InChI is InChI=1S/C27H30N6O6/c1-15-7-6-10-17-21(15)29-18(28-17)14-32(2)19(13-16-8-4-3-5-9-16)30-25(37)24-22(35)23(36)26(39-24)33-12-11-20(34)31-27(33)38/h3-12,19,22-24,26,35-36H,13-14H2,1-2H3,(H,28,29)(H,30,37)(H,31,34,38)/t19-,22+,23-,24+,26-/m1/s1. The number of aryl methyl sites for hydroxylation is 1. The molecule has 1 amide bonds. The van der Waals surface area contributed by atoms with E-state index in [1.54, 1.807) is 0 Å². The second-order valence-corrected chi connectivity index (χ2v) is 9.73. The van der Waals surface area contributed by atoms with Gasteiger partial charge >= 0.3 is 5.69 Å². The highest BCUT2D eigenvalue weighted by Crippen LogP contribution is 2.28. The van der Waals surface area contributed by atoms with Gasteiger partial charge in [-0.1, -0.05) is 42.5 Å². The van der Waals surface area contributed by atoms with Crippen molar-refractivity contribution in [2.24, 2.45) is 0 Å². The van der Waals surface area contributed by atoms with Crippen LogP contribution in [0.5, 0.6) is 0 Å². The van der Waals surface area contributed by atoms with Crippen molar-refractivity contribution in [1.82, 2.24) is 29.7 Å². The third-order valence-electron chi connectivity index (χ3n) is 6.90. The summed E-state index contributed by atoms with van der Waals surface area (Å²) < 4.78 is 6.58. The molecular weight excluding hydrogens is 504 g/mol. The number of aromatic amines is 2. The predicted molar refractivity (Wildman–Crippen MR) is 142 cm³/mol. The number of aliphatic hydroxyl groups is 2. The molecule has 4 aromatic rings. The van der Waals surface area contributed by atoms with Gasteiger partial charge < -0.3 is 25.3 Å². The number of hydrogen-bond acceptors (Lipinski definition) is 8. The summed E-state index contributed by atoms with van der Waals surface area (Å²) >= 11 is 0. The van der Waals surface area contributed by atoms with E-state index in [0.717, 1.165) is 44.8 Å². The second-order valence-electron chi connectivity index (χ2n) is 9.73. The zero-order valence-electron chi connectivity index (χ0n) is 21.4. The summed E-state index contributed by atoms with van der Waals surface area (Å²) in [5, 5.41) is 24.1. The van der Waals surface area contributed by atoms with Crippen LogP contribution in [0.4, 0.5) is 0 Å². The maximum Gasteiger partial charge on any atom is 0.330 e. The first-order valence-electron chi connectivity index (χ1n) is 12.5. The van der Waals surface area contributed by atoms with Gasteiger partial charge in [-0.05, 0) is 31.2 Å². The van der Waals surface area contributed by atoms with Gasteiger partial charge in [0.2, 0.25) is 0 Å². The Bertz CT molecular complexity index is 1580. The van der Waals surface area contributed by atoms with Crippen molar-refractivity contribution >= 4 is 16.9 Å². The van der Waals surface area contributed by atoms with Crippen molar-refractivity contribution in [1.29, 1.82) is 0 Å². The fraction of sp³-hybridized carbons (Fsp3) is 0.333. The van der Waals surface area contributed by atoms with Crippen molar-refractivity contribution in [3.05, 3.63) is 98.6 Å². The Kier molecular flexibility index (Phi) is 7.44. The summed E-state index contributed by atoms with van der Waals surface area (Å²) in [6, 6.07) is 16.6. The summed E-state index contributed by atoms with van der Waals surface area (Å²) in [6.45, 7) is 2.38. The van der Waals surface area contributed by atoms with Gasteiger partial charge in [-0.25, -0.2) is 9.78 Å². The lowest BCUT2D eigenvalue weighted by atomic mass is 10.1. The molecule has 5 atom stereocenters. The zero-order chi connectivity index (χ0) is 27.7. The normalized spacial score (nSPS) is 21.9. The number of para-hydroxylation sites is 1. The van der Waals surface area contributed by atoms with E-state index < -0.39 is 47.9 Å². The Hall–Kier alpha value is -4.10. The minimum Gasteiger partial charge on any atom is -0.387 e. The van der Waals surface area contributed by atoms with Gasteiger partial charge in [-0.3, -0.25) is 24.0 Å².